The fraction of sp³-hybridized carbons (Fsp3) is 0. The van der Waals surface area contributed by atoms with Crippen LogP contribution in [0.15, 0.2) is 122 Å². The summed E-state index contributed by atoms with van der Waals surface area (Å²) in [5, 5.41) is 16.3. The Morgan fingerprint density at radius 2 is 1.09 bits per heavy atom. The van der Waals surface area contributed by atoms with Gasteiger partial charge < -0.3 is 0 Å². The van der Waals surface area contributed by atoms with E-state index in [4.69, 9.17) is 16.5 Å². The number of benzene rings is 4. The third-order valence-corrected chi connectivity index (χ3v) is 8.03. The van der Waals surface area contributed by atoms with Crippen LogP contribution < -0.4 is 0 Å². The van der Waals surface area contributed by atoms with Gasteiger partial charge in [0.2, 0.25) is 5.69 Å². The van der Waals surface area contributed by atoms with E-state index in [2.05, 4.69) is 69.4 Å². The SMILES string of the molecule is [C-]#[N+]c1cncc(-c2cccc(-c3ccc4ccc5c(-c6cccc(-c7cncc(C#N)c7)n6)ccc6ccc3c4c65)n2)c1. The molecule has 4 aromatic heterocycles. The Hall–Kier alpha value is -6.50. The maximum atomic E-state index is 9.35. The van der Waals surface area contributed by atoms with Crippen LogP contribution in [-0.4, -0.2) is 19.9 Å². The molecule has 44 heavy (non-hydrogen) atoms. The fourth-order valence-electron chi connectivity index (χ4n) is 6.01. The molecule has 0 aliphatic heterocycles. The molecular weight excluding hydrogens is 540 g/mol. The number of nitrogens with zero attached hydrogens (tertiary/aromatic N) is 6. The summed E-state index contributed by atoms with van der Waals surface area (Å²) in [5.74, 6) is 0. The number of pyridine rings is 4. The van der Waals surface area contributed by atoms with Gasteiger partial charge in [0.1, 0.15) is 6.07 Å². The zero-order chi connectivity index (χ0) is 29.6. The maximum absolute atomic E-state index is 9.35. The van der Waals surface area contributed by atoms with Gasteiger partial charge in [0, 0.05) is 47.0 Å². The molecule has 0 radical (unpaired) electrons. The molecule has 0 fully saturated rings. The highest BCUT2D eigenvalue weighted by molar-refractivity contribution is 6.27. The van der Waals surface area contributed by atoms with E-state index in [9.17, 15) is 5.26 Å². The van der Waals surface area contributed by atoms with Crippen molar-refractivity contribution in [1.82, 2.24) is 19.9 Å². The molecule has 0 saturated carbocycles. The Bertz CT molecular complexity index is 2310. The van der Waals surface area contributed by atoms with Crippen LogP contribution in [0.4, 0.5) is 5.69 Å². The van der Waals surface area contributed by atoms with Crippen molar-refractivity contribution in [2.24, 2.45) is 0 Å². The molecule has 0 amide bonds. The van der Waals surface area contributed by atoms with Gasteiger partial charge in [-0.15, -0.1) is 0 Å². The third-order valence-electron chi connectivity index (χ3n) is 8.03. The standard InChI is InChI=1S/C38H20N6/c1-40-28-17-27(21-42-22-28)34-5-3-7-36(44-34)30-13-9-25-10-14-31-29(12-8-24-11-15-32(30)38(25)37(24)31)35-6-2-4-33(43-35)26-16-23(18-39)19-41-20-26/h2-17,19-22H. The summed E-state index contributed by atoms with van der Waals surface area (Å²) >= 11 is 0. The predicted octanol–water partition coefficient (Wildman–Crippen LogP) is 9.25. The molecule has 0 unspecified atom stereocenters. The van der Waals surface area contributed by atoms with Gasteiger partial charge in [0.25, 0.3) is 0 Å². The topological polar surface area (TPSA) is 79.7 Å². The Morgan fingerprint density at radius 1 is 0.568 bits per heavy atom. The molecule has 0 aliphatic rings. The van der Waals surface area contributed by atoms with Gasteiger partial charge in [0.15, 0.2) is 0 Å². The summed E-state index contributed by atoms with van der Waals surface area (Å²) < 4.78 is 0. The molecule has 4 aromatic carbocycles. The van der Waals surface area contributed by atoms with E-state index < -0.39 is 0 Å². The summed E-state index contributed by atoms with van der Waals surface area (Å²) in [4.78, 5) is 22.0. The molecule has 0 N–H and O–H groups in total. The average molecular weight is 561 g/mol. The monoisotopic (exact) mass is 560 g/mol. The van der Waals surface area contributed by atoms with Gasteiger partial charge in [-0.3, -0.25) is 9.97 Å². The van der Waals surface area contributed by atoms with Crippen LogP contribution >= 0.6 is 0 Å². The number of rotatable bonds is 4. The number of hydrogen-bond acceptors (Lipinski definition) is 5. The fourth-order valence-corrected chi connectivity index (χ4v) is 6.01. The Morgan fingerprint density at radius 3 is 1.66 bits per heavy atom. The minimum atomic E-state index is 0.487. The highest BCUT2D eigenvalue weighted by Gasteiger charge is 2.16. The molecule has 0 saturated heterocycles. The second kappa shape index (κ2) is 10.1. The second-order valence-electron chi connectivity index (χ2n) is 10.6. The molecule has 0 aliphatic carbocycles. The van der Waals surface area contributed by atoms with Crippen LogP contribution in [0.3, 0.4) is 0 Å². The van der Waals surface area contributed by atoms with Crippen LogP contribution in [0.5, 0.6) is 0 Å². The van der Waals surface area contributed by atoms with Crippen LogP contribution in [0.25, 0.3) is 82.2 Å². The normalized spacial score (nSPS) is 11.1. The quantitative estimate of drug-likeness (QED) is 0.158. The van der Waals surface area contributed by atoms with Gasteiger partial charge in [-0.05, 0) is 68.7 Å². The molecule has 0 bridgehead atoms. The Labute approximate surface area is 252 Å². The van der Waals surface area contributed by atoms with Gasteiger partial charge in [-0.1, -0.05) is 60.7 Å². The molecule has 202 valence electrons. The first kappa shape index (κ1) is 25.2. The first-order chi connectivity index (χ1) is 21.7. The van der Waals surface area contributed by atoms with Crippen LogP contribution in [0.2, 0.25) is 0 Å². The summed E-state index contributed by atoms with van der Waals surface area (Å²) in [6, 6.07) is 35.0. The lowest BCUT2D eigenvalue weighted by molar-refractivity contribution is 1.27. The number of nitriles is 1. The Kier molecular flexibility index (Phi) is 5.79. The van der Waals surface area contributed by atoms with Crippen molar-refractivity contribution in [2.45, 2.75) is 0 Å². The first-order valence-electron chi connectivity index (χ1n) is 14.0. The predicted molar refractivity (Wildman–Crippen MR) is 174 cm³/mol. The largest absolute Gasteiger partial charge is 0.276 e. The van der Waals surface area contributed by atoms with E-state index in [1.54, 1.807) is 24.8 Å². The molecule has 8 rings (SSSR count). The first-order valence-corrected chi connectivity index (χ1v) is 14.0. The van der Waals surface area contributed by atoms with Crippen molar-refractivity contribution in [2.75, 3.05) is 0 Å². The highest BCUT2D eigenvalue weighted by atomic mass is 14.8. The van der Waals surface area contributed by atoms with Crippen molar-refractivity contribution in [3.8, 4) is 51.1 Å². The minimum absolute atomic E-state index is 0.487. The molecule has 4 heterocycles. The second-order valence-corrected chi connectivity index (χ2v) is 10.6. The van der Waals surface area contributed by atoms with Gasteiger partial charge in [-0.25, -0.2) is 14.8 Å². The zero-order valence-electron chi connectivity index (χ0n) is 23.2. The molecule has 8 aromatic rings. The van der Waals surface area contributed by atoms with Crippen LogP contribution in [0, 0.1) is 17.9 Å². The smallest absolute Gasteiger partial charge is 0.205 e. The van der Waals surface area contributed by atoms with Gasteiger partial charge in [0.05, 0.1) is 34.9 Å². The molecule has 0 spiro atoms. The number of aromatic nitrogens is 4. The molecule has 0 atom stereocenters. The lowest BCUT2D eigenvalue weighted by Crippen LogP contribution is -1.93. The average Bonchev–Trinajstić information content (AvgIpc) is 3.10. The third kappa shape index (κ3) is 4.10. The molecule has 6 heteroatoms. The summed E-state index contributed by atoms with van der Waals surface area (Å²) in [5.41, 5.74) is 7.94. The number of hydrogen-bond donors (Lipinski definition) is 0. The van der Waals surface area contributed by atoms with E-state index in [1.807, 2.05) is 48.5 Å². The van der Waals surface area contributed by atoms with Gasteiger partial charge in [-0.2, -0.15) is 5.26 Å². The lowest BCUT2D eigenvalue weighted by atomic mass is 9.88. The van der Waals surface area contributed by atoms with E-state index in [1.165, 1.54) is 10.8 Å². The summed E-state index contributed by atoms with van der Waals surface area (Å²) in [6.45, 7) is 7.36. The van der Waals surface area contributed by atoms with Crippen LogP contribution in [-0.2, 0) is 0 Å². The van der Waals surface area contributed by atoms with Crippen LogP contribution in [0.1, 0.15) is 5.56 Å². The van der Waals surface area contributed by atoms with E-state index in [0.717, 1.165) is 66.6 Å². The van der Waals surface area contributed by atoms with Crippen molar-refractivity contribution in [3.63, 3.8) is 0 Å². The van der Waals surface area contributed by atoms with E-state index in [0.29, 0.717) is 11.3 Å². The Balaban J connectivity index is 1.30. The van der Waals surface area contributed by atoms with Crippen molar-refractivity contribution >= 4 is 38.0 Å². The summed E-state index contributed by atoms with van der Waals surface area (Å²) in [6.07, 6.45) is 6.59. The maximum Gasteiger partial charge on any atom is 0.205 e. The van der Waals surface area contributed by atoms with Crippen molar-refractivity contribution in [1.29, 1.82) is 5.26 Å². The van der Waals surface area contributed by atoms with E-state index >= 15 is 0 Å². The van der Waals surface area contributed by atoms with Crippen molar-refractivity contribution < 1.29 is 0 Å². The van der Waals surface area contributed by atoms with Crippen molar-refractivity contribution in [3.05, 3.63) is 139 Å². The zero-order valence-corrected chi connectivity index (χ0v) is 23.2. The van der Waals surface area contributed by atoms with E-state index in [-0.39, 0.29) is 0 Å². The summed E-state index contributed by atoms with van der Waals surface area (Å²) in [7, 11) is 0. The molecular formula is C38H20N6. The van der Waals surface area contributed by atoms with Gasteiger partial charge >= 0.3 is 0 Å². The molecule has 6 nitrogen and oxygen atoms in total. The lowest BCUT2D eigenvalue weighted by Gasteiger charge is -2.16. The highest BCUT2D eigenvalue weighted by Crippen LogP contribution is 2.42. The minimum Gasteiger partial charge on any atom is -0.276 e.